The summed E-state index contributed by atoms with van der Waals surface area (Å²) in [6, 6.07) is 5.57. The molecule has 1 N–H and O–H groups in total. The highest BCUT2D eigenvalue weighted by molar-refractivity contribution is 7.17. The molecule has 0 atom stereocenters. The number of hydrogen-bond donors (Lipinski definition) is 1. The first-order valence-electron chi connectivity index (χ1n) is 6.40. The van der Waals surface area contributed by atoms with Crippen LogP contribution in [0.15, 0.2) is 18.2 Å². The molecule has 0 saturated heterocycles. The molecule has 0 aliphatic carbocycles. The third-order valence-corrected chi connectivity index (χ3v) is 4.40. The van der Waals surface area contributed by atoms with E-state index < -0.39 is 5.97 Å². The van der Waals surface area contributed by atoms with Gasteiger partial charge in [-0.3, -0.25) is 0 Å². The number of ether oxygens (including phenoxy) is 2. The van der Waals surface area contributed by atoms with E-state index in [0.29, 0.717) is 35.5 Å². The summed E-state index contributed by atoms with van der Waals surface area (Å²) in [5.74, 6) is 0.437. The SMILES string of the molecule is COc1cccc2c1N(c1nc(C)c(C(=O)O)s1)CCO2. The van der Waals surface area contributed by atoms with E-state index in [4.69, 9.17) is 9.47 Å². The number of fused-ring (bicyclic) bond motifs is 1. The van der Waals surface area contributed by atoms with Crippen LogP contribution >= 0.6 is 11.3 Å². The Kier molecular flexibility index (Phi) is 3.42. The van der Waals surface area contributed by atoms with Crippen molar-refractivity contribution < 1.29 is 19.4 Å². The number of aryl methyl sites for hydroxylation is 1. The van der Waals surface area contributed by atoms with Gasteiger partial charge in [-0.2, -0.15) is 0 Å². The molecule has 0 spiro atoms. The quantitative estimate of drug-likeness (QED) is 0.940. The number of hydrogen-bond acceptors (Lipinski definition) is 6. The number of aromatic nitrogens is 1. The lowest BCUT2D eigenvalue weighted by atomic mass is 10.2. The van der Waals surface area contributed by atoms with E-state index in [1.54, 1.807) is 14.0 Å². The summed E-state index contributed by atoms with van der Waals surface area (Å²) in [4.78, 5) is 17.8. The van der Waals surface area contributed by atoms with Gasteiger partial charge in [0.1, 0.15) is 28.7 Å². The average Bonchev–Trinajstić information content (AvgIpc) is 2.88. The largest absolute Gasteiger partial charge is 0.494 e. The molecule has 0 radical (unpaired) electrons. The number of methoxy groups -OCH3 is 1. The van der Waals surface area contributed by atoms with Crippen molar-refractivity contribution in [1.29, 1.82) is 0 Å². The Labute approximate surface area is 125 Å². The van der Waals surface area contributed by atoms with Gasteiger partial charge in [-0.05, 0) is 19.1 Å². The van der Waals surface area contributed by atoms with Gasteiger partial charge in [0.2, 0.25) is 0 Å². The molecule has 21 heavy (non-hydrogen) atoms. The molecule has 0 fully saturated rings. The molecular weight excluding hydrogens is 292 g/mol. The number of carboxylic acids is 1. The summed E-state index contributed by atoms with van der Waals surface area (Å²) in [6.45, 7) is 2.81. The summed E-state index contributed by atoms with van der Waals surface area (Å²) < 4.78 is 11.0. The van der Waals surface area contributed by atoms with Crippen molar-refractivity contribution in [1.82, 2.24) is 4.98 Å². The maximum absolute atomic E-state index is 11.2. The van der Waals surface area contributed by atoms with Gasteiger partial charge in [0.05, 0.1) is 19.3 Å². The molecule has 0 saturated carbocycles. The van der Waals surface area contributed by atoms with E-state index in [1.165, 1.54) is 0 Å². The summed E-state index contributed by atoms with van der Waals surface area (Å²) in [6.07, 6.45) is 0. The standard InChI is InChI=1S/C14H14N2O4S/c1-8-12(13(17)18)21-14(15-8)16-6-7-20-10-5-3-4-9(19-2)11(10)16/h3-5H,6-7H2,1-2H3,(H,17,18). The Balaban J connectivity index is 2.10. The lowest BCUT2D eigenvalue weighted by Gasteiger charge is -2.30. The van der Waals surface area contributed by atoms with E-state index in [1.807, 2.05) is 23.1 Å². The number of para-hydroxylation sites is 1. The Morgan fingerprint density at radius 2 is 2.33 bits per heavy atom. The van der Waals surface area contributed by atoms with E-state index in [-0.39, 0.29) is 4.88 Å². The summed E-state index contributed by atoms with van der Waals surface area (Å²) in [7, 11) is 1.60. The maximum atomic E-state index is 11.2. The molecule has 2 heterocycles. The predicted molar refractivity (Wildman–Crippen MR) is 79.3 cm³/mol. The Hall–Kier alpha value is -2.28. The van der Waals surface area contributed by atoms with Crippen LogP contribution in [0, 0.1) is 6.92 Å². The van der Waals surface area contributed by atoms with Gasteiger partial charge in [-0.1, -0.05) is 17.4 Å². The second-order valence-electron chi connectivity index (χ2n) is 4.52. The van der Waals surface area contributed by atoms with Crippen molar-refractivity contribution in [3.05, 3.63) is 28.8 Å². The summed E-state index contributed by atoms with van der Waals surface area (Å²) >= 11 is 1.16. The number of rotatable bonds is 3. The molecule has 7 heteroatoms. The molecular formula is C14H14N2O4S. The first-order chi connectivity index (χ1) is 10.1. The number of anilines is 2. The Bertz CT molecular complexity index is 684. The molecule has 0 amide bonds. The summed E-state index contributed by atoms with van der Waals surface area (Å²) in [5.41, 5.74) is 1.31. The van der Waals surface area contributed by atoms with Gasteiger partial charge in [0, 0.05) is 0 Å². The number of nitrogens with zero attached hydrogens (tertiary/aromatic N) is 2. The van der Waals surface area contributed by atoms with Crippen molar-refractivity contribution in [2.24, 2.45) is 0 Å². The zero-order valence-electron chi connectivity index (χ0n) is 11.6. The number of benzene rings is 1. The van der Waals surface area contributed by atoms with E-state index in [0.717, 1.165) is 17.0 Å². The third-order valence-electron chi connectivity index (χ3n) is 3.23. The highest BCUT2D eigenvalue weighted by Crippen LogP contribution is 2.44. The Morgan fingerprint density at radius 1 is 1.52 bits per heavy atom. The number of thiazole rings is 1. The smallest absolute Gasteiger partial charge is 0.347 e. The molecule has 1 aliphatic heterocycles. The molecule has 110 valence electrons. The highest BCUT2D eigenvalue weighted by Gasteiger charge is 2.27. The van der Waals surface area contributed by atoms with Crippen molar-refractivity contribution >= 4 is 28.1 Å². The van der Waals surface area contributed by atoms with Crippen LogP contribution in [0.2, 0.25) is 0 Å². The fraction of sp³-hybridized carbons (Fsp3) is 0.286. The maximum Gasteiger partial charge on any atom is 0.347 e. The van der Waals surface area contributed by atoms with Gasteiger partial charge in [-0.15, -0.1) is 0 Å². The number of carbonyl (C=O) groups is 1. The topological polar surface area (TPSA) is 71.9 Å². The molecule has 1 aromatic heterocycles. The molecule has 0 unspecified atom stereocenters. The highest BCUT2D eigenvalue weighted by atomic mass is 32.1. The van der Waals surface area contributed by atoms with Crippen molar-refractivity contribution in [3.8, 4) is 11.5 Å². The molecule has 0 bridgehead atoms. The molecule has 1 aliphatic rings. The van der Waals surface area contributed by atoms with Crippen molar-refractivity contribution in [3.63, 3.8) is 0 Å². The number of carboxylic acid groups (broad SMARTS) is 1. The Morgan fingerprint density at radius 3 is 3.00 bits per heavy atom. The minimum Gasteiger partial charge on any atom is -0.494 e. The second-order valence-corrected chi connectivity index (χ2v) is 5.50. The lowest BCUT2D eigenvalue weighted by molar-refractivity contribution is 0.0701. The number of aromatic carboxylic acids is 1. The van der Waals surface area contributed by atoms with Crippen LogP contribution in [-0.4, -0.2) is 36.3 Å². The van der Waals surface area contributed by atoms with Crippen LogP contribution in [0.5, 0.6) is 11.5 Å². The molecule has 3 rings (SSSR count). The second kappa shape index (κ2) is 5.25. The van der Waals surface area contributed by atoms with Crippen LogP contribution in [0.3, 0.4) is 0 Å². The van der Waals surface area contributed by atoms with Crippen LogP contribution in [0.25, 0.3) is 0 Å². The minimum absolute atomic E-state index is 0.257. The van der Waals surface area contributed by atoms with Gasteiger partial charge in [-0.25, -0.2) is 9.78 Å². The normalized spacial score (nSPS) is 13.5. The zero-order valence-corrected chi connectivity index (χ0v) is 12.4. The monoisotopic (exact) mass is 306 g/mol. The first kappa shape index (κ1) is 13.7. The van der Waals surface area contributed by atoms with Crippen LogP contribution in [-0.2, 0) is 0 Å². The van der Waals surface area contributed by atoms with Gasteiger partial charge in [0.15, 0.2) is 5.13 Å². The van der Waals surface area contributed by atoms with E-state index in [9.17, 15) is 9.90 Å². The first-order valence-corrected chi connectivity index (χ1v) is 7.21. The van der Waals surface area contributed by atoms with Crippen molar-refractivity contribution in [2.45, 2.75) is 6.92 Å². The van der Waals surface area contributed by atoms with Gasteiger partial charge >= 0.3 is 5.97 Å². The zero-order chi connectivity index (χ0) is 15.0. The fourth-order valence-corrected chi connectivity index (χ4v) is 3.23. The van der Waals surface area contributed by atoms with E-state index in [2.05, 4.69) is 4.98 Å². The van der Waals surface area contributed by atoms with Crippen molar-refractivity contribution in [2.75, 3.05) is 25.2 Å². The fourth-order valence-electron chi connectivity index (χ4n) is 2.30. The van der Waals surface area contributed by atoms with Gasteiger partial charge in [0.25, 0.3) is 0 Å². The van der Waals surface area contributed by atoms with Crippen LogP contribution in [0.1, 0.15) is 15.4 Å². The predicted octanol–water partition coefficient (Wildman–Crippen LogP) is 2.69. The minimum atomic E-state index is -0.954. The third kappa shape index (κ3) is 2.29. The molecule has 6 nitrogen and oxygen atoms in total. The lowest BCUT2D eigenvalue weighted by Crippen LogP contribution is -2.28. The van der Waals surface area contributed by atoms with Gasteiger partial charge < -0.3 is 19.5 Å². The average molecular weight is 306 g/mol. The summed E-state index contributed by atoms with van der Waals surface area (Å²) in [5, 5.41) is 9.81. The van der Waals surface area contributed by atoms with Crippen LogP contribution < -0.4 is 14.4 Å². The van der Waals surface area contributed by atoms with Crippen LogP contribution in [0.4, 0.5) is 10.8 Å². The van der Waals surface area contributed by atoms with E-state index >= 15 is 0 Å². The molecule has 1 aromatic carbocycles. The molecule has 2 aromatic rings.